The highest BCUT2D eigenvalue weighted by Crippen LogP contribution is 2.34. The second kappa shape index (κ2) is 5.03. The maximum absolute atomic E-state index is 5.97. The van der Waals surface area contributed by atoms with Gasteiger partial charge >= 0.3 is 0 Å². The first-order chi connectivity index (χ1) is 10.9. The lowest BCUT2D eigenvalue weighted by atomic mass is 9.98. The Morgan fingerprint density at radius 3 is 2.64 bits per heavy atom. The Hall–Kier alpha value is -3.09. The molecule has 0 aliphatic carbocycles. The summed E-state index contributed by atoms with van der Waals surface area (Å²) in [4.78, 5) is 4.64. The van der Waals surface area contributed by atoms with Crippen LogP contribution in [0, 0.1) is 0 Å². The smallest absolute Gasteiger partial charge is 0.228 e. The number of aromatic nitrogens is 1. The molecule has 0 unspecified atom stereocenters. The number of hydrogen-bond acceptors (Lipinski definition) is 2. The first kappa shape index (κ1) is 12.6. The molecule has 3 aromatic carbocycles. The molecule has 22 heavy (non-hydrogen) atoms. The molecule has 0 fully saturated rings. The van der Waals surface area contributed by atoms with E-state index >= 15 is 0 Å². The molecule has 0 radical (unpaired) electrons. The molecule has 0 saturated heterocycles. The summed E-state index contributed by atoms with van der Waals surface area (Å²) in [6, 6.07) is 20.2. The van der Waals surface area contributed by atoms with Crippen LogP contribution in [0.5, 0.6) is 0 Å². The van der Waals surface area contributed by atoms with Crippen molar-refractivity contribution in [2.24, 2.45) is 0 Å². The number of nitrogens with zero attached hydrogens (tertiary/aromatic N) is 1. The van der Waals surface area contributed by atoms with Crippen LogP contribution in [-0.4, -0.2) is 4.98 Å². The minimum absolute atomic E-state index is 0.625. The fraction of sp³-hybridized carbons (Fsp3) is 0. The fourth-order valence-electron chi connectivity index (χ4n) is 2.74. The Bertz CT molecular complexity index is 1000. The van der Waals surface area contributed by atoms with E-state index < -0.39 is 0 Å². The van der Waals surface area contributed by atoms with Crippen LogP contribution in [0.25, 0.3) is 39.4 Å². The molecule has 0 spiro atoms. The molecule has 104 valence electrons. The molecule has 4 aromatic rings. The molecule has 0 aliphatic rings. The van der Waals surface area contributed by atoms with Gasteiger partial charge in [0.05, 0.1) is 5.56 Å². The Balaban J connectivity index is 2.10. The van der Waals surface area contributed by atoms with Gasteiger partial charge in [-0.15, -0.1) is 5.73 Å². The highest BCUT2D eigenvalue weighted by molar-refractivity contribution is 5.99. The van der Waals surface area contributed by atoms with Gasteiger partial charge in [-0.25, -0.2) is 4.98 Å². The molecule has 2 heteroatoms. The van der Waals surface area contributed by atoms with Crippen LogP contribution >= 0.6 is 0 Å². The van der Waals surface area contributed by atoms with Gasteiger partial charge in [-0.2, -0.15) is 0 Å². The van der Waals surface area contributed by atoms with Crippen molar-refractivity contribution >= 4 is 27.9 Å². The molecule has 0 saturated carbocycles. The van der Waals surface area contributed by atoms with Gasteiger partial charge in [0.25, 0.3) is 0 Å². The molecule has 0 bridgehead atoms. The van der Waals surface area contributed by atoms with E-state index in [-0.39, 0.29) is 0 Å². The lowest BCUT2D eigenvalue weighted by Crippen LogP contribution is -1.86. The normalized spacial score (nSPS) is 10.7. The van der Waals surface area contributed by atoms with Crippen molar-refractivity contribution in [1.29, 1.82) is 0 Å². The maximum atomic E-state index is 5.97. The summed E-state index contributed by atoms with van der Waals surface area (Å²) >= 11 is 0. The molecule has 2 nitrogen and oxygen atoms in total. The third kappa shape index (κ3) is 1.95. The molecule has 0 aliphatic heterocycles. The zero-order valence-electron chi connectivity index (χ0n) is 11.9. The zero-order chi connectivity index (χ0) is 14.9. The van der Waals surface area contributed by atoms with Gasteiger partial charge in [0.15, 0.2) is 5.58 Å². The van der Waals surface area contributed by atoms with E-state index in [9.17, 15) is 0 Å². The molecule has 0 atom stereocenters. The van der Waals surface area contributed by atoms with Gasteiger partial charge in [0, 0.05) is 0 Å². The third-order valence-electron chi connectivity index (χ3n) is 3.73. The topological polar surface area (TPSA) is 26.0 Å². The molecule has 1 heterocycles. The third-order valence-corrected chi connectivity index (χ3v) is 3.73. The number of hydrogen-bond donors (Lipinski definition) is 0. The number of rotatable bonds is 2. The lowest BCUT2D eigenvalue weighted by molar-refractivity contribution is 0.620. The van der Waals surface area contributed by atoms with Crippen molar-refractivity contribution < 1.29 is 4.42 Å². The largest absolute Gasteiger partial charge is 0.436 e. The molecular formula is C20H13NO. The van der Waals surface area contributed by atoms with Crippen LogP contribution in [0.15, 0.2) is 77.4 Å². The highest BCUT2D eigenvalue weighted by atomic mass is 16.3. The highest BCUT2D eigenvalue weighted by Gasteiger charge is 2.14. The van der Waals surface area contributed by atoms with Crippen molar-refractivity contribution in [3.05, 3.63) is 78.5 Å². The van der Waals surface area contributed by atoms with Crippen molar-refractivity contribution in [3.8, 4) is 11.5 Å². The summed E-state index contributed by atoms with van der Waals surface area (Å²) in [6.07, 6.45) is 1.86. The van der Waals surface area contributed by atoms with Gasteiger partial charge in [0.2, 0.25) is 5.89 Å². The van der Waals surface area contributed by atoms with Crippen LogP contribution in [0.3, 0.4) is 0 Å². The molecule has 4 rings (SSSR count). The summed E-state index contributed by atoms with van der Waals surface area (Å²) in [7, 11) is 0. The maximum Gasteiger partial charge on any atom is 0.228 e. The summed E-state index contributed by atoms with van der Waals surface area (Å²) in [5.41, 5.74) is 6.48. The van der Waals surface area contributed by atoms with Crippen LogP contribution in [0.2, 0.25) is 0 Å². The van der Waals surface area contributed by atoms with Gasteiger partial charge in [0.1, 0.15) is 5.52 Å². The van der Waals surface area contributed by atoms with Gasteiger partial charge in [-0.1, -0.05) is 55.1 Å². The fourth-order valence-corrected chi connectivity index (χ4v) is 2.74. The Labute approximate surface area is 128 Å². The van der Waals surface area contributed by atoms with E-state index in [1.54, 1.807) is 0 Å². The molecule has 0 N–H and O–H groups in total. The average molecular weight is 283 g/mol. The SMILES string of the molecule is C=C=Cc1ccc2ccccc2c1-c1nc2ccccc2o1. The molecular weight excluding hydrogens is 270 g/mol. The summed E-state index contributed by atoms with van der Waals surface area (Å²) in [6.45, 7) is 3.68. The second-order valence-corrected chi connectivity index (χ2v) is 5.09. The van der Waals surface area contributed by atoms with Crippen molar-refractivity contribution in [3.63, 3.8) is 0 Å². The Morgan fingerprint density at radius 1 is 0.955 bits per heavy atom. The zero-order valence-corrected chi connectivity index (χ0v) is 11.9. The van der Waals surface area contributed by atoms with E-state index in [0.29, 0.717) is 5.89 Å². The summed E-state index contributed by atoms with van der Waals surface area (Å²) < 4.78 is 5.97. The molecule has 1 aromatic heterocycles. The monoisotopic (exact) mass is 283 g/mol. The van der Waals surface area contributed by atoms with Crippen molar-refractivity contribution in [1.82, 2.24) is 4.98 Å². The van der Waals surface area contributed by atoms with Gasteiger partial charge in [-0.3, -0.25) is 0 Å². The van der Waals surface area contributed by atoms with E-state index in [0.717, 1.165) is 33.0 Å². The predicted octanol–water partition coefficient (Wildman–Crippen LogP) is 5.45. The van der Waals surface area contributed by atoms with Crippen LogP contribution in [-0.2, 0) is 0 Å². The minimum Gasteiger partial charge on any atom is -0.436 e. The summed E-state index contributed by atoms with van der Waals surface area (Å²) in [5, 5.41) is 2.26. The number of para-hydroxylation sites is 2. The van der Waals surface area contributed by atoms with E-state index in [2.05, 4.69) is 35.5 Å². The summed E-state index contributed by atoms with van der Waals surface area (Å²) in [5.74, 6) is 0.625. The second-order valence-electron chi connectivity index (χ2n) is 5.09. The van der Waals surface area contributed by atoms with Crippen molar-refractivity contribution in [2.75, 3.05) is 0 Å². The predicted molar refractivity (Wildman–Crippen MR) is 90.6 cm³/mol. The standard InChI is InChI=1S/C20H13NO/c1-2-7-15-13-12-14-8-3-4-9-16(14)19(15)20-21-17-10-5-6-11-18(17)22-20/h3-13H,1H2. The minimum atomic E-state index is 0.625. The average Bonchev–Trinajstić information content (AvgIpc) is 2.98. The van der Waals surface area contributed by atoms with E-state index in [1.165, 1.54) is 0 Å². The Morgan fingerprint density at radius 2 is 1.77 bits per heavy atom. The first-order valence-electron chi connectivity index (χ1n) is 7.10. The van der Waals surface area contributed by atoms with E-state index in [1.807, 2.05) is 48.5 Å². The number of oxazole rings is 1. The van der Waals surface area contributed by atoms with Crippen molar-refractivity contribution in [2.45, 2.75) is 0 Å². The van der Waals surface area contributed by atoms with Crippen LogP contribution in [0.1, 0.15) is 5.56 Å². The van der Waals surface area contributed by atoms with Gasteiger partial charge in [-0.05, 0) is 34.5 Å². The number of benzene rings is 3. The van der Waals surface area contributed by atoms with Crippen LogP contribution < -0.4 is 0 Å². The number of fused-ring (bicyclic) bond motifs is 2. The molecule has 0 amide bonds. The van der Waals surface area contributed by atoms with Crippen LogP contribution in [0.4, 0.5) is 0 Å². The Kier molecular flexibility index (Phi) is 2.89. The lowest BCUT2D eigenvalue weighted by Gasteiger charge is -2.07. The first-order valence-corrected chi connectivity index (χ1v) is 7.10. The van der Waals surface area contributed by atoms with E-state index in [4.69, 9.17) is 4.42 Å². The quantitative estimate of drug-likeness (QED) is 0.457. The van der Waals surface area contributed by atoms with Gasteiger partial charge < -0.3 is 4.42 Å².